The van der Waals surface area contributed by atoms with Crippen LogP contribution in [0.3, 0.4) is 0 Å². The van der Waals surface area contributed by atoms with E-state index in [2.05, 4.69) is 25.5 Å². The number of nitriles is 1. The van der Waals surface area contributed by atoms with Crippen LogP contribution in [-0.2, 0) is 0 Å². The van der Waals surface area contributed by atoms with Gasteiger partial charge >= 0.3 is 0 Å². The minimum Gasteiger partial charge on any atom is -0.375 e. The molecule has 0 saturated carbocycles. The van der Waals surface area contributed by atoms with E-state index < -0.39 is 0 Å². The Morgan fingerprint density at radius 2 is 2.35 bits per heavy atom. The van der Waals surface area contributed by atoms with Crippen LogP contribution in [0.5, 0.6) is 0 Å². The number of pyridine rings is 1. The van der Waals surface area contributed by atoms with Gasteiger partial charge in [0.05, 0.1) is 6.04 Å². The highest BCUT2D eigenvalue weighted by atomic mass is 15.2. The summed E-state index contributed by atoms with van der Waals surface area (Å²) in [5.74, 6) is 1.47. The van der Waals surface area contributed by atoms with Crippen LogP contribution >= 0.6 is 0 Å². The van der Waals surface area contributed by atoms with E-state index >= 15 is 0 Å². The van der Waals surface area contributed by atoms with Crippen LogP contribution in [0.25, 0.3) is 0 Å². The first-order valence-electron chi connectivity index (χ1n) is 5.20. The molecule has 0 unspecified atom stereocenters. The van der Waals surface area contributed by atoms with E-state index in [1.807, 2.05) is 19.9 Å². The third-order valence-electron chi connectivity index (χ3n) is 2.26. The molecular weight excluding hydrogens is 216 g/mol. The highest BCUT2D eigenvalue weighted by Gasteiger charge is 2.10. The Morgan fingerprint density at radius 1 is 1.53 bits per heavy atom. The Kier molecular flexibility index (Phi) is 3.01. The maximum absolute atomic E-state index is 8.75. The quantitative estimate of drug-likeness (QED) is 0.831. The van der Waals surface area contributed by atoms with Crippen molar-refractivity contribution in [2.75, 3.05) is 5.32 Å². The fourth-order valence-corrected chi connectivity index (χ4v) is 1.45. The van der Waals surface area contributed by atoms with Gasteiger partial charge in [-0.2, -0.15) is 10.4 Å². The lowest BCUT2D eigenvalue weighted by atomic mass is 10.2. The molecule has 86 valence electrons. The molecule has 2 rings (SSSR count). The van der Waals surface area contributed by atoms with Crippen LogP contribution in [0.15, 0.2) is 18.3 Å². The average molecular weight is 228 g/mol. The molecule has 0 amide bonds. The highest BCUT2D eigenvalue weighted by Crippen LogP contribution is 2.16. The van der Waals surface area contributed by atoms with Crippen LogP contribution in [0, 0.1) is 18.3 Å². The summed E-state index contributed by atoms with van der Waals surface area (Å²) in [6.45, 7) is 3.80. The number of rotatable bonds is 3. The zero-order valence-electron chi connectivity index (χ0n) is 9.60. The number of hydrogen-bond acceptors (Lipinski definition) is 5. The van der Waals surface area contributed by atoms with Crippen LogP contribution < -0.4 is 5.32 Å². The van der Waals surface area contributed by atoms with Crippen LogP contribution in [-0.4, -0.2) is 20.2 Å². The van der Waals surface area contributed by atoms with Crippen LogP contribution in [0.2, 0.25) is 0 Å². The van der Waals surface area contributed by atoms with Crippen molar-refractivity contribution in [2.45, 2.75) is 19.9 Å². The van der Waals surface area contributed by atoms with Crippen molar-refractivity contribution in [1.29, 1.82) is 5.26 Å². The Labute approximate surface area is 98.7 Å². The zero-order valence-corrected chi connectivity index (χ0v) is 9.60. The summed E-state index contributed by atoms with van der Waals surface area (Å²) in [5.41, 5.74) is 1.21. The van der Waals surface area contributed by atoms with Gasteiger partial charge in [-0.25, -0.2) is 9.97 Å². The predicted octanol–water partition coefficient (Wildman–Crippen LogP) is 1.55. The lowest BCUT2D eigenvalue weighted by Gasteiger charge is -2.11. The number of aryl methyl sites for hydroxylation is 1. The molecule has 1 atom stereocenters. The second kappa shape index (κ2) is 4.61. The normalized spacial score (nSPS) is 11.8. The number of aromatic nitrogens is 4. The van der Waals surface area contributed by atoms with Gasteiger partial charge in [-0.15, -0.1) is 0 Å². The molecule has 0 fully saturated rings. The molecule has 0 aliphatic heterocycles. The lowest BCUT2D eigenvalue weighted by molar-refractivity contribution is 0.795. The second-order valence-electron chi connectivity index (χ2n) is 3.69. The molecule has 2 heterocycles. The van der Waals surface area contributed by atoms with E-state index in [9.17, 15) is 0 Å². The number of anilines is 1. The molecule has 2 aromatic heterocycles. The fourth-order valence-electron chi connectivity index (χ4n) is 1.45. The monoisotopic (exact) mass is 228 g/mol. The van der Waals surface area contributed by atoms with E-state index in [4.69, 9.17) is 5.26 Å². The van der Waals surface area contributed by atoms with Gasteiger partial charge in [0.1, 0.15) is 17.6 Å². The Morgan fingerprint density at radius 3 is 3.00 bits per heavy atom. The maximum Gasteiger partial charge on any atom is 0.172 e. The van der Waals surface area contributed by atoms with Gasteiger partial charge in [0, 0.05) is 11.9 Å². The highest BCUT2D eigenvalue weighted by molar-refractivity contribution is 5.46. The zero-order chi connectivity index (χ0) is 12.3. The summed E-state index contributed by atoms with van der Waals surface area (Å²) in [4.78, 5) is 8.14. The molecule has 6 heteroatoms. The van der Waals surface area contributed by atoms with Gasteiger partial charge in [0.25, 0.3) is 0 Å². The molecule has 6 nitrogen and oxygen atoms in total. The second-order valence-corrected chi connectivity index (χ2v) is 3.69. The molecule has 0 aliphatic carbocycles. The summed E-state index contributed by atoms with van der Waals surface area (Å²) in [5, 5.41) is 18.8. The average Bonchev–Trinajstić information content (AvgIpc) is 2.76. The predicted molar refractivity (Wildman–Crippen MR) is 62.1 cm³/mol. The molecule has 0 saturated heterocycles. The molecule has 2 N–H and O–H groups in total. The molecule has 2 aromatic rings. The number of aromatic amines is 1. The van der Waals surface area contributed by atoms with Crippen molar-refractivity contribution in [3.8, 4) is 6.07 Å². The van der Waals surface area contributed by atoms with Gasteiger partial charge < -0.3 is 5.32 Å². The minimum absolute atomic E-state index is 0.0334. The van der Waals surface area contributed by atoms with E-state index in [0.717, 1.165) is 11.5 Å². The third-order valence-corrected chi connectivity index (χ3v) is 2.26. The van der Waals surface area contributed by atoms with Crippen molar-refractivity contribution in [2.24, 2.45) is 0 Å². The largest absolute Gasteiger partial charge is 0.375 e. The third kappa shape index (κ3) is 2.58. The maximum atomic E-state index is 8.75. The van der Waals surface area contributed by atoms with E-state index in [-0.39, 0.29) is 6.04 Å². The molecule has 0 radical (unpaired) electrons. The Balaban J connectivity index is 2.13. The molecule has 0 spiro atoms. The number of nitrogens with zero attached hydrogens (tertiary/aromatic N) is 4. The van der Waals surface area contributed by atoms with Crippen molar-refractivity contribution in [1.82, 2.24) is 20.2 Å². The minimum atomic E-state index is -0.0334. The van der Waals surface area contributed by atoms with Crippen molar-refractivity contribution in [3.05, 3.63) is 35.7 Å². The summed E-state index contributed by atoms with van der Waals surface area (Å²) < 4.78 is 0. The van der Waals surface area contributed by atoms with Gasteiger partial charge in [-0.05, 0) is 26.0 Å². The first kappa shape index (κ1) is 11.1. The molecule has 0 aliphatic rings. The van der Waals surface area contributed by atoms with Crippen molar-refractivity contribution < 1.29 is 0 Å². The van der Waals surface area contributed by atoms with E-state index in [1.54, 1.807) is 18.3 Å². The topological polar surface area (TPSA) is 90.3 Å². The summed E-state index contributed by atoms with van der Waals surface area (Å²) in [7, 11) is 0. The first-order chi connectivity index (χ1) is 8.19. The Hall–Kier alpha value is -2.42. The fraction of sp³-hybridized carbons (Fsp3) is 0.273. The van der Waals surface area contributed by atoms with Crippen LogP contribution in [0.4, 0.5) is 5.69 Å². The number of H-pyrrole nitrogens is 1. The standard InChI is InChI=1S/C11H12N6/c1-7(11-15-8(2)16-17-11)14-9-3-4-13-10(5-9)6-12/h3-5,7H,1-2H3,(H,13,14)(H,15,16,17)/t7-/m0/s1. The summed E-state index contributed by atoms with van der Waals surface area (Å²) in [6, 6.07) is 5.46. The molecule has 0 bridgehead atoms. The summed E-state index contributed by atoms with van der Waals surface area (Å²) in [6.07, 6.45) is 1.59. The van der Waals surface area contributed by atoms with Gasteiger partial charge in [-0.1, -0.05) is 0 Å². The molecule has 17 heavy (non-hydrogen) atoms. The number of nitrogens with one attached hydrogen (secondary N) is 2. The lowest BCUT2D eigenvalue weighted by Crippen LogP contribution is -2.08. The first-order valence-corrected chi connectivity index (χ1v) is 5.20. The van der Waals surface area contributed by atoms with Gasteiger partial charge in [-0.3, -0.25) is 5.10 Å². The SMILES string of the molecule is Cc1nc([C@H](C)Nc2ccnc(C#N)c2)n[nH]1. The Bertz CT molecular complexity index is 553. The smallest absolute Gasteiger partial charge is 0.172 e. The molecule has 0 aromatic carbocycles. The van der Waals surface area contributed by atoms with Crippen molar-refractivity contribution >= 4 is 5.69 Å². The van der Waals surface area contributed by atoms with Crippen molar-refractivity contribution in [3.63, 3.8) is 0 Å². The van der Waals surface area contributed by atoms with Gasteiger partial charge in [0.2, 0.25) is 0 Å². The van der Waals surface area contributed by atoms with E-state index in [1.165, 1.54) is 0 Å². The van der Waals surface area contributed by atoms with E-state index in [0.29, 0.717) is 11.5 Å². The molecular formula is C11H12N6. The summed E-state index contributed by atoms with van der Waals surface area (Å²) >= 11 is 0. The van der Waals surface area contributed by atoms with Crippen LogP contribution in [0.1, 0.15) is 30.3 Å². The van der Waals surface area contributed by atoms with Gasteiger partial charge in [0.15, 0.2) is 5.82 Å². The number of hydrogen-bond donors (Lipinski definition) is 2.